The lowest BCUT2D eigenvalue weighted by Gasteiger charge is -2.21. The quantitative estimate of drug-likeness (QED) is 0.362. The first kappa shape index (κ1) is 21.0. The van der Waals surface area contributed by atoms with Crippen molar-refractivity contribution in [2.45, 2.75) is 64.5 Å². The number of likely N-dealkylation sites (tertiary alicyclic amines) is 1. The molecule has 0 aromatic rings. The normalized spacial score (nSPS) is 20.0. The van der Waals surface area contributed by atoms with E-state index in [-0.39, 0.29) is 24.3 Å². The van der Waals surface area contributed by atoms with Crippen molar-refractivity contribution in [3.63, 3.8) is 0 Å². The molecule has 2 N–H and O–H groups in total. The molecule has 0 aromatic carbocycles. The van der Waals surface area contributed by atoms with Crippen LogP contribution in [0.4, 0.5) is 0 Å². The Kier molecular flexibility index (Phi) is 9.64. The molecule has 0 bridgehead atoms. The number of hydrogen-bond donors (Lipinski definition) is 2. The summed E-state index contributed by atoms with van der Waals surface area (Å²) in [7, 11) is 0. The van der Waals surface area contributed by atoms with Crippen LogP contribution >= 0.6 is 0 Å². The topological polar surface area (TPSA) is 77.8 Å². The molecule has 1 aliphatic rings. The number of aliphatic hydroxyl groups excluding tert-OH is 1. The van der Waals surface area contributed by atoms with Gasteiger partial charge in [0.25, 0.3) is 0 Å². The highest BCUT2D eigenvalue weighted by molar-refractivity contribution is 5.79. The molecule has 0 radical (unpaired) electrons. The average molecular weight is 347 g/mol. The zero-order valence-electron chi connectivity index (χ0n) is 15.1. The Morgan fingerprint density at radius 1 is 1.44 bits per heavy atom. The van der Waals surface area contributed by atoms with E-state index >= 15 is 0 Å². The van der Waals surface area contributed by atoms with Crippen molar-refractivity contribution in [2.75, 3.05) is 6.54 Å². The van der Waals surface area contributed by atoms with Crippen LogP contribution in [0.25, 0.3) is 0 Å². The van der Waals surface area contributed by atoms with Gasteiger partial charge in [0.1, 0.15) is 0 Å². The summed E-state index contributed by atoms with van der Waals surface area (Å²) < 4.78 is 0. The van der Waals surface area contributed by atoms with Gasteiger partial charge in [-0.1, -0.05) is 31.2 Å². The van der Waals surface area contributed by atoms with Gasteiger partial charge >= 0.3 is 5.97 Å². The molecule has 3 atom stereocenters. The zero-order chi connectivity index (χ0) is 18.7. The molecule has 0 spiro atoms. The molecule has 0 aliphatic carbocycles. The van der Waals surface area contributed by atoms with Gasteiger partial charge in [0.2, 0.25) is 5.91 Å². The third-order valence-corrected chi connectivity index (χ3v) is 4.32. The Bertz CT molecular complexity index is 556. The molecule has 0 saturated carbocycles. The summed E-state index contributed by atoms with van der Waals surface area (Å²) in [6.45, 7) is 4.26. The van der Waals surface area contributed by atoms with Crippen LogP contribution in [0.1, 0.15) is 52.4 Å². The van der Waals surface area contributed by atoms with E-state index in [1.54, 1.807) is 17.9 Å². The molecule has 0 aromatic heterocycles. The lowest BCUT2D eigenvalue weighted by molar-refractivity contribution is -0.137. The van der Waals surface area contributed by atoms with Crippen molar-refractivity contribution in [3.05, 3.63) is 24.3 Å². The average Bonchev–Trinajstić information content (AvgIpc) is 2.93. The Labute approximate surface area is 150 Å². The fourth-order valence-electron chi connectivity index (χ4n) is 2.69. The summed E-state index contributed by atoms with van der Waals surface area (Å²) in [6, 6.07) is 0.00952. The second-order valence-electron chi connectivity index (χ2n) is 6.39. The number of nitrogens with zero attached hydrogens (tertiary/aromatic N) is 1. The summed E-state index contributed by atoms with van der Waals surface area (Å²) in [5, 5.41) is 18.7. The minimum Gasteiger partial charge on any atom is -0.481 e. The fraction of sp³-hybridized carbons (Fsp3) is 0.600. The van der Waals surface area contributed by atoms with Gasteiger partial charge in [0.15, 0.2) is 0 Å². The van der Waals surface area contributed by atoms with Crippen molar-refractivity contribution in [3.8, 4) is 11.8 Å². The van der Waals surface area contributed by atoms with Crippen LogP contribution in [0.3, 0.4) is 0 Å². The lowest BCUT2D eigenvalue weighted by Crippen LogP contribution is -2.32. The number of aliphatic carboxylic acids is 1. The van der Waals surface area contributed by atoms with Crippen molar-refractivity contribution in [2.24, 2.45) is 5.92 Å². The highest BCUT2D eigenvalue weighted by atomic mass is 16.4. The highest BCUT2D eigenvalue weighted by Crippen LogP contribution is 2.20. The van der Waals surface area contributed by atoms with E-state index in [0.717, 1.165) is 6.42 Å². The van der Waals surface area contributed by atoms with E-state index in [0.29, 0.717) is 32.2 Å². The predicted octanol–water partition coefficient (Wildman–Crippen LogP) is 2.76. The van der Waals surface area contributed by atoms with Crippen LogP contribution in [-0.2, 0) is 9.59 Å². The van der Waals surface area contributed by atoms with Gasteiger partial charge in [-0.15, -0.1) is 11.8 Å². The molecule has 1 aliphatic heterocycles. The first-order chi connectivity index (χ1) is 12.0. The number of hydrogen-bond acceptors (Lipinski definition) is 3. The van der Waals surface area contributed by atoms with E-state index in [1.165, 1.54) is 0 Å². The monoisotopic (exact) mass is 347 g/mol. The van der Waals surface area contributed by atoms with E-state index < -0.39 is 12.1 Å². The molecule has 25 heavy (non-hydrogen) atoms. The second-order valence-corrected chi connectivity index (χ2v) is 6.39. The van der Waals surface area contributed by atoms with E-state index in [2.05, 4.69) is 11.8 Å². The van der Waals surface area contributed by atoms with Crippen LogP contribution in [0, 0.1) is 17.8 Å². The smallest absolute Gasteiger partial charge is 0.303 e. The van der Waals surface area contributed by atoms with Crippen molar-refractivity contribution >= 4 is 11.9 Å². The first-order valence-corrected chi connectivity index (χ1v) is 8.88. The standard InChI is InChI=1S/C20H29NO4/c1-3-4-9-16(2)18(22)13-11-17-12-14-19(23)21(17)15-8-6-5-7-10-20(24)25/h6,8,11,13,16-18,22H,5,7,9-10,12,14-15H2,1-2H3,(H,24,25)/b8-6-,13-11+/t16-,17-,18+/m0/s1. The van der Waals surface area contributed by atoms with Crippen molar-refractivity contribution in [1.29, 1.82) is 0 Å². The van der Waals surface area contributed by atoms with Gasteiger partial charge in [-0.05, 0) is 32.1 Å². The van der Waals surface area contributed by atoms with Gasteiger partial charge in [-0.25, -0.2) is 0 Å². The summed E-state index contributed by atoms with van der Waals surface area (Å²) in [4.78, 5) is 24.3. The zero-order valence-corrected chi connectivity index (χ0v) is 15.1. The maximum Gasteiger partial charge on any atom is 0.303 e. The van der Waals surface area contributed by atoms with Crippen LogP contribution in [-0.4, -0.2) is 45.7 Å². The Morgan fingerprint density at radius 2 is 2.20 bits per heavy atom. The van der Waals surface area contributed by atoms with Gasteiger partial charge in [-0.3, -0.25) is 9.59 Å². The molecular formula is C20H29NO4. The molecule has 5 heteroatoms. The molecule has 1 rings (SSSR count). The Hall–Kier alpha value is -2.06. The maximum atomic E-state index is 12.0. The van der Waals surface area contributed by atoms with Crippen LogP contribution in [0.5, 0.6) is 0 Å². The number of unbranched alkanes of at least 4 members (excludes halogenated alkanes) is 1. The number of carbonyl (C=O) groups excluding carboxylic acids is 1. The number of carboxylic acid groups (broad SMARTS) is 1. The minimum absolute atomic E-state index is 0.00952. The highest BCUT2D eigenvalue weighted by Gasteiger charge is 2.28. The van der Waals surface area contributed by atoms with Gasteiger partial charge in [-0.2, -0.15) is 0 Å². The summed E-state index contributed by atoms with van der Waals surface area (Å²) in [5.41, 5.74) is 0. The number of rotatable bonds is 10. The van der Waals surface area contributed by atoms with Gasteiger partial charge < -0.3 is 15.1 Å². The van der Waals surface area contributed by atoms with Gasteiger partial charge in [0, 0.05) is 25.8 Å². The summed E-state index contributed by atoms with van der Waals surface area (Å²) in [5.74, 6) is 5.19. The molecule has 1 amide bonds. The van der Waals surface area contributed by atoms with Crippen molar-refractivity contribution < 1.29 is 19.8 Å². The predicted molar refractivity (Wildman–Crippen MR) is 97.7 cm³/mol. The number of allylic oxidation sites excluding steroid dienone is 1. The molecule has 1 heterocycles. The summed E-state index contributed by atoms with van der Waals surface area (Å²) in [6.07, 6.45) is 10.4. The third-order valence-electron chi connectivity index (χ3n) is 4.32. The number of aliphatic hydroxyl groups is 1. The Balaban J connectivity index is 2.48. The van der Waals surface area contributed by atoms with Crippen LogP contribution < -0.4 is 0 Å². The molecular weight excluding hydrogens is 318 g/mol. The molecule has 1 fully saturated rings. The molecule has 1 saturated heterocycles. The van der Waals surface area contributed by atoms with Crippen LogP contribution in [0.15, 0.2) is 24.3 Å². The SMILES string of the molecule is CC#CC[C@H](C)[C@H](O)/C=C/[C@H]1CCC(=O)N1C/C=C\CCCC(=O)O. The Morgan fingerprint density at radius 3 is 2.88 bits per heavy atom. The van der Waals surface area contributed by atoms with E-state index in [1.807, 2.05) is 25.2 Å². The van der Waals surface area contributed by atoms with Crippen LogP contribution in [0.2, 0.25) is 0 Å². The van der Waals surface area contributed by atoms with E-state index in [4.69, 9.17) is 5.11 Å². The third kappa shape index (κ3) is 8.04. The molecule has 138 valence electrons. The molecule has 0 unspecified atom stereocenters. The minimum atomic E-state index is -0.786. The fourth-order valence-corrected chi connectivity index (χ4v) is 2.69. The van der Waals surface area contributed by atoms with Crippen molar-refractivity contribution in [1.82, 2.24) is 4.90 Å². The van der Waals surface area contributed by atoms with E-state index in [9.17, 15) is 14.7 Å². The van der Waals surface area contributed by atoms with Gasteiger partial charge in [0.05, 0.1) is 12.1 Å². The maximum absolute atomic E-state index is 12.0. The number of carboxylic acids is 1. The number of carbonyl (C=O) groups is 2. The second kappa shape index (κ2) is 11.5. The first-order valence-electron chi connectivity index (χ1n) is 8.88. The largest absolute Gasteiger partial charge is 0.481 e. The molecule has 5 nitrogen and oxygen atoms in total. The number of amides is 1. The summed E-state index contributed by atoms with van der Waals surface area (Å²) >= 11 is 0. The lowest BCUT2D eigenvalue weighted by atomic mass is 10.00.